The van der Waals surface area contributed by atoms with Crippen LogP contribution in [0.3, 0.4) is 0 Å². The van der Waals surface area contributed by atoms with Crippen molar-refractivity contribution in [3.05, 3.63) is 23.7 Å². The molecule has 1 aromatic heterocycles. The lowest BCUT2D eigenvalue weighted by Gasteiger charge is -1.98. The molecule has 1 heterocycles. The predicted molar refractivity (Wildman–Crippen MR) is 63.6 cm³/mol. The van der Waals surface area contributed by atoms with E-state index in [9.17, 15) is 13.8 Å². The highest BCUT2D eigenvalue weighted by Gasteiger charge is 2.12. The number of carbonyl (C=O) groups is 2. The number of ether oxygens (including phenoxy) is 1. The third-order valence-electron chi connectivity index (χ3n) is 2.11. The van der Waals surface area contributed by atoms with Crippen LogP contribution in [-0.2, 0) is 26.1 Å². The Labute approximate surface area is 106 Å². The second kappa shape index (κ2) is 6.95. The van der Waals surface area contributed by atoms with Gasteiger partial charge >= 0.3 is 11.9 Å². The molecule has 0 radical (unpaired) electrons. The molecule has 0 aliphatic carbocycles. The van der Waals surface area contributed by atoms with Crippen LogP contribution in [0.1, 0.15) is 29.2 Å². The molecule has 0 aliphatic rings. The second-order valence-electron chi connectivity index (χ2n) is 3.54. The minimum absolute atomic E-state index is 0.00267. The van der Waals surface area contributed by atoms with Gasteiger partial charge in [-0.05, 0) is 18.6 Å². The maximum absolute atomic E-state index is 11.6. The summed E-state index contributed by atoms with van der Waals surface area (Å²) in [5.74, 6) is -0.549. The van der Waals surface area contributed by atoms with E-state index in [-0.39, 0.29) is 17.9 Å². The number of aliphatic carboxylic acids is 1. The van der Waals surface area contributed by atoms with Gasteiger partial charge in [0, 0.05) is 23.0 Å². The van der Waals surface area contributed by atoms with Gasteiger partial charge in [0.25, 0.3) is 0 Å². The van der Waals surface area contributed by atoms with Gasteiger partial charge in [0.1, 0.15) is 5.76 Å². The molecule has 0 aliphatic heterocycles. The van der Waals surface area contributed by atoms with Gasteiger partial charge in [-0.15, -0.1) is 0 Å². The normalized spacial score (nSPS) is 12.1. The van der Waals surface area contributed by atoms with Crippen LogP contribution in [0.25, 0.3) is 0 Å². The molecule has 1 N–H and O–H groups in total. The van der Waals surface area contributed by atoms with Gasteiger partial charge in [-0.25, -0.2) is 4.79 Å². The van der Waals surface area contributed by atoms with Crippen molar-refractivity contribution in [2.24, 2.45) is 0 Å². The molecule has 0 fully saturated rings. The topological polar surface area (TPSA) is 93.8 Å². The number of rotatable bonds is 7. The molecule has 100 valence electrons. The van der Waals surface area contributed by atoms with Crippen molar-refractivity contribution in [2.45, 2.75) is 18.6 Å². The van der Waals surface area contributed by atoms with E-state index in [0.717, 1.165) is 0 Å². The largest absolute Gasteiger partial charge is 0.481 e. The molecular weight excluding hydrogens is 260 g/mol. The van der Waals surface area contributed by atoms with E-state index in [4.69, 9.17) is 9.52 Å². The number of hydrogen-bond acceptors (Lipinski definition) is 5. The molecule has 6 nitrogen and oxygen atoms in total. The lowest BCUT2D eigenvalue weighted by atomic mass is 10.3. The first-order valence-corrected chi connectivity index (χ1v) is 6.75. The highest BCUT2D eigenvalue weighted by atomic mass is 32.2. The van der Waals surface area contributed by atoms with Crippen LogP contribution < -0.4 is 0 Å². The van der Waals surface area contributed by atoms with Crippen molar-refractivity contribution < 1.29 is 28.1 Å². The second-order valence-corrected chi connectivity index (χ2v) is 5.12. The van der Waals surface area contributed by atoms with Crippen LogP contribution >= 0.6 is 0 Å². The molecule has 1 aromatic rings. The molecular formula is C11H14O6S. The summed E-state index contributed by atoms with van der Waals surface area (Å²) in [4.78, 5) is 21.4. The first-order valence-electron chi connectivity index (χ1n) is 5.26. The van der Waals surface area contributed by atoms with Gasteiger partial charge in [-0.2, -0.15) is 0 Å². The minimum Gasteiger partial charge on any atom is -0.481 e. The van der Waals surface area contributed by atoms with Crippen LogP contribution in [-0.4, -0.2) is 34.1 Å². The molecule has 7 heteroatoms. The minimum atomic E-state index is -1.20. The van der Waals surface area contributed by atoms with Gasteiger partial charge in [-0.1, -0.05) is 0 Å². The fourth-order valence-corrected chi connectivity index (χ4v) is 2.36. The first kappa shape index (κ1) is 14.4. The lowest BCUT2D eigenvalue weighted by molar-refractivity contribution is -0.137. The van der Waals surface area contributed by atoms with Gasteiger partial charge in [-0.3, -0.25) is 9.00 Å². The summed E-state index contributed by atoms with van der Waals surface area (Å²) in [5, 5.41) is 8.44. The zero-order valence-corrected chi connectivity index (χ0v) is 10.7. The van der Waals surface area contributed by atoms with E-state index in [1.54, 1.807) is 6.07 Å². The quantitative estimate of drug-likeness (QED) is 0.750. The third kappa shape index (κ3) is 4.70. The van der Waals surface area contributed by atoms with E-state index in [1.807, 2.05) is 0 Å². The molecule has 0 aromatic carbocycles. The number of carboxylic acids is 1. The number of carboxylic acid groups (broad SMARTS) is 1. The van der Waals surface area contributed by atoms with E-state index < -0.39 is 22.7 Å². The molecule has 18 heavy (non-hydrogen) atoms. The SMILES string of the molecule is COC(=O)c1ccc(CS(=O)CCCC(=O)O)o1. The number of furan rings is 1. The molecule has 1 atom stereocenters. The summed E-state index contributed by atoms with van der Waals surface area (Å²) in [6, 6.07) is 3.01. The smallest absolute Gasteiger partial charge is 0.373 e. The number of hydrogen-bond donors (Lipinski definition) is 1. The third-order valence-corrected chi connectivity index (χ3v) is 3.46. The van der Waals surface area contributed by atoms with Crippen LogP contribution in [0.2, 0.25) is 0 Å². The number of carbonyl (C=O) groups excluding carboxylic acids is 1. The Morgan fingerprint density at radius 1 is 1.44 bits per heavy atom. The Balaban J connectivity index is 2.42. The van der Waals surface area contributed by atoms with Crippen molar-refractivity contribution in [3.8, 4) is 0 Å². The van der Waals surface area contributed by atoms with E-state index in [2.05, 4.69) is 4.74 Å². The zero-order valence-electron chi connectivity index (χ0n) is 9.88. The van der Waals surface area contributed by atoms with Crippen LogP contribution in [0, 0.1) is 0 Å². The summed E-state index contributed by atoms with van der Waals surface area (Å²) in [7, 11) is 0.0462. The average molecular weight is 274 g/mol. The Bertz CT molecular complexity index is 450. The zero-order chi connectivity index (χ0) is 13.5. The molecule has 1 rings (SSSR count). The fourth-order valence-electron chi connectivity index (χ4n) is 1.28. The van der Waals surface area contributed by atoms with Crippen molar-refractivity contribution in [3.63, 3.8) is 0 Å². The molecule has 0 bridgehead atoms. The number of esters is 1. The maximum atomic E-state index is 11.6. The standard InChI is InChI=1S/C11H14O6S/c1-16-11(14)9-5-4-8(17-9)7-18(15)6-2-3-10(12)13/h4-5H,2-3,6-7H2,1H3,(H,12,13). The van der Waals surface area contributed by atoms with Crippen LogP contribution in [0.15, 0.2) is 16.5 Å². The monoisotopic (exact) mass is 274 g/mol. The maximum Gasteiger partial charge on any atom is 0.373 e. The van der Waals surface area contributed by atoms with Crippen LogP contribution in [0.5, 0.6) is 0 Å². The average Bonchev–Trinajstić information content (AvgIpc) is 2.76. The van der Waals surface area contributed by atoms with E-state index >= 15 is 0 Å². The number of methoxy groups -OCH3 is 1. The summed E-state index contributed by atoms with van der Waals surface area (Å²) >= 11 is 0. The van der Waals surface area contributed by atoms with Gasteiger partial charge in [0.15, 0.2) is 0 Å². The van der Waals surface area contributed by atoms with E-state index in [1.165, 1.54) is 13.2 Å². The Kier molecular flexibility index (Phi) is 5.57. The summed E-state index contributed by atoms with van der Waals surface area (Å²) in [5.41, 5.74) is 0. The fraction of sp³-hybridized carbons (Fsp3) is 0.455. The van der Waals surface area contributed by atoms with Gasteiger partial charge < -0.3 is 14.3 Å². The van der Waals surface area contributed by atoms with Gasteiger partial charge in [0.05, 0.1) is 12.9 Å². The predicted octanol–water partition coefficient (Wildman–Crippen LogP) is 1.18. The Morgan fingerprint density at radius 2 is 2.17 bits per heavy atom. The Hall–Kier alpha value is -1.63. The first-order chi connectivity index (χ1) is 8.52. The molecule has 0 spiro atoms. The van der Waals surface area contributed by atoms with E-state index in [0.29, 0.717) is 17.9 Å². The summed E-state index contributed by atoms with van der Waals surface area (Å²) < 4.78 is 21.2. The van der Waals surface area contributed by atoms with Crippen molar-refractivity contribution >= 4 is 22.7 Å². The molecule has 0 saturated heterocycles. The van der Waals surface area contributed by atoms with Crippen molar-refractivity contribution in [1.29, 1.82) is 0 Å². The summed E-state index contributed by atoms with van der Waals surface area (Å²) in [6.45, 7) is 0. The van der Waals surface area contributed by atoms with Crippen molar-refractivity contribution in [2.75, 3.05) is 12.9 Å². The van der Waals surface area contributed by atoms with Crippen molar-refractivity contribution in [1.82, 2.24) is 0 Å². The molecule has 1 unspecified atom stereocenters. The lowest BCUT2D eigenvalue weighted by Crippen LogP contribution is -2.04. The molecule has 0 amide bonds. The highest BCUT2D eigenvalue weighted by Crippen LogP contribution is 2.11. The van der Waals surface area contributed by atoms with Crippen LogP contribution in [0.4, 0.5) is 0 Å². The summed E-state index contributed by atoms with van der Waals surface area (Å²) in [6.07, 6.45) is 0.351. The Morgan fingerprint density at radius 3 is 2.78 bits per heavy atom. The van der Waals surface area contributed by atoms with Gasteiger partial charge in [0.2, 0.25) is 5.76 Å². The molecule has 0 saturated carbocycles. The highest BCUT2D eigenvalue weighted by molar-refractivity contribution is 7.84.